The van der Waals surface area contributed by atoms with Crippen molar-refractivity contribution in [1.29, 1.82) is 0 Å². The second kappa shape index (κ2) is 5.87. The predicted molar refractivity (Wildman–Crippen MR) is 68.9 cm³/mol. The molecule has 6 nitrogen and oxygen atoms in total. The minimum atomic E-state index is -1.57. The van der Waals surface area contributed by atoms with Crippen molar-refractivity contribution < 1.29 is 18.7 Å². The second-order valence-corrected chi connectivity index (χ2v) is 4.15. The third-order valence-electron chi connectivity index (χ3n) is 2.30. The summed E-state index contributed by atoms with van der Waals surface area (Å²) in [6, 6.07) is 4.48. The van der Waals surface area contributed by atoms with Gasteiger partial charge in [-0.1, -0.05) is 11.6 Å². The average molecular weight is 300 g/mol. The average Bonchev–Trinajstić information content (AvgIpc) is 2.81. The normalized spacial score (nSPS) is 12.0. The molecule has 0 aromatic carbocycles. The van der Waals surface area contributed by atoms with Crippen LogP contribution < -0.4 is 4.74 Å². The zero-order valence-electron chi connectivity index (χ0n) is 10.7. The molecule has 0 radical (unpaired) electrons. The van der Waals surface area contributed by atoms with Crippen molar-refractivity contribution in [1.82, 2.24) is 14.8 Å². The lowest BCUT2D eigenvalue weighted by Crippen LogP contribution is -2.11. The van der Waals surface area contributed by atoms with Gasteiger partial charge in [-0.15, -0.1) is 5.10 Å². The van der Waals surface area contributed by atoms with E-state index in [-0.39, 0.29) is 22.4 Å². The largest absolute Gasteiger partial charge is 0.464 e. The molecule has 0 saturated carbocycles. The Morgan fingerprint density at radius 1 is 1.55 bits per heavy atom. The van der Waals surface area contributed by atoms with E-state index >= 15 is 0 Å². The third-order valence-corrected chi connectivity index (χ3v) is 2.60. The van der Waals surface area contributed by atoms with Gasteiger partial charge in [0.1, 0.15) is 0 Å². The third kappa shape index (κ3) is 2.88. The lowest BCUT2D eigenvalue weighted by molar-refractivity contribution is 0.0589. The van der Waals surface area contributed by atoms with Gasteiger partial charge in [0.15, 0.2) is 11.5 Å². The number of hydrogen-bond acceptors (Lipinski definition) is 5. The minimum absolute atomic E-state index is 0.0313. The van der Waals surface area contributed by atoms with Gasteiger partial charge in [0.05, 0.1) is 12.1 Å². The molecule has 0 amide bonds. The fraction of sp³-hybridized carbons (Fsp3) is 0.250. The molecule has 0 bridgehead atoms. The molecule has 0 aliphatic heterocycles. The summed E-state index contributed by atoms with van der Waals surface area (Å²) in [5.74, 6) is -0.515. The molecule has 1 atom stereocenters. The lowest BCUT2D eigenvalue weighted by atomic mass is 10.4. The van der Waals surface area contributed by atoms with E-state index in [1.54, 1.807) is 12.1 Å². The van der Waals surface area contributed by atoms with E-state index in [1.807, 2.05) is 0 Å². The van der Waals surface area contributed by atoms with Crippen molar-refractivity contribution in [3.05, 3.63) is 35.1 Å². The molecule has 20 heavy (non-hydrogen) atoms. The molecule has 0 saturated heterocycles. The maximum absolute atomic E-state index is 12.9. The van der Waals surface area contributed by atoms with Crippen molar-refractivity contribution in [2.24, 2.45) is 0 Å². The van der Waals surface area contributed by atoms with Gasteiger partial charge in [-0.05, 0) is 12.1 Å². The highest BCUT2D eigenvalue weighted by Gasteiger charge is 2.21. The van der Waals surface area contributed by atoms with Crippen LogP contribution in [0.2, 0.25) is 5.02 Å². The number of aromatic nitrogens is 3. The SMILES string of the molecule is COC(=O)c1cc(OC(C)F)nn1-c1ncccc1Cl. The Balaban J connectivity index is 2.53. The number of hydrogen-bond donors (Lipinski definition) is 0. The number of pyridine rings is 1. The van der Waals surface area contributed by atoms with Crippen LogP contribution >= 0.6 is 11.6 Å². The van der Waals surface area contributed by atoms with Gasteiger partial charge in [-0.3, -0.25) is 0 Å². The summed E-state index contributed by atoms with van der Waals surface area (Å²) in [7, 11) is 1.22. The Morgan fingerprint density at radius 3 is 2.90 bits per heavy atom. The number of nitrogens with zero attached hydrogens (tertiary/aromatic N) is 3. The molecule has 1 unspecified atom stereocenters. The summed E-state index contributed by atoms with van der Waals surface area (Å²) in [5.41, 5.74) is 0.0313. The van der Waals surface area contributed by atoms with Gasteiger partial charge in [-0.2, -0.15) is 0 Å². The smallest absolute Gasteiger partial charge is 0.357 e. The first-order chi connectivity index (χ1) is 9.52. The van der Waals surface area contributed by atoms with Crippen LogP contribution in [0.5, 0.6) is 5.88 Å². The van der Waals surface area contributed by atoms with E-state index in [0.717, 1.165) is 4.68 Å². The quantitative estimate of drug-likeness (QED) is 0.811. The molecule has 2 rings (SSSR count). The molecule has 2 aromatic rings. The minimum Gasteiger partial charge on any atom is -0.464 e. The Labute approximate surface area is 119 Å². The van der Waals surface area contributed by atoms with Crippen molar-refractivity contribution in [3.8, 4) is 11.7 Å². The Bertz CT molecular complexity index is 630. The maximum atomic E-state index is 12.9. The van der Waals surface area contributed by atoms with Crippen molar-refractivity contribution >= 4 is 17.6 Å². The summed E-state index contributed by atoms with van der Waals surface area (Å²) in [6.07, 6.45) is -0.0783. The van der Waals surface area contributed by atoms with Crippen LogP contribution in [0.4, 0.5) is 4.39 Å². The molecule has 0 aliphatic carbocycles. The fourth-order valence-electron chi connectivity index (χ4n) is 1.53. The summed E-state index contributed by atoms with van der Waals surface area (Å²) in [6.45, 7) is 1.20. The van der Waals surface area contributed by atoms with E-state index in [0.29, 0.717) is 0 Å². The van der Waals surface area contributed by atoms with E-state index in [2.05, 4.69) is 14.8 Å². The topological polar surface area (TPSA) is 66.2 Å². The number of esters is 1. The number of methoxy groups -OCH3 is 1. The first-order valence-corrected chi connectivity index (χ1v) is 6.00. The van der Waals surface area contributed by atoms with Crippen molar-refractivity contribution in [2.75, 3.05) is 7.11 Å². The molecule has 0 aliphatic rings. The van der Waals surface area contributed by atoms with Gasteiger partial charge in [-0.25, -0.2) is 18.9 Å². The van der Waals surface area contributed by atoms with Gasteiger partial charge in [0.2, 0.25) is 12.2 Å². The second-order valence-electron chi connectivity index (χ2n) is 3.74. The number of carbonyl (C=O) groups excluding carboxylic acids is 1. The summed E-state index contributed by atoms with van der Waals surface area (Å²) >= 11 is 6.00. The first kappa shape index (κ1) is 14.3. The molecule has 2 heterocycles. The molecule has 0 spiro atoms. The van der Waals surface area contributed by atoms with Crippen LogP contribution in [0.25, 0.3) is 5.82 Å². The van der Waals surface area contributed by atoms with Crippen molar-refractivity contribution in [3.63, 3.8) is 0 Å². The summed E-state index contributed by atoms with van der Waals surface area (Å²) in [5, 5.41) is 4.24. The zero-order chi connectivity index (χ0) is 14.7. The van der Waals surface area contributed by atoms with Crippen LogP contribution in [0.15, 0.2) is 24.4 Å². The van der Waals surface area contributed by atoms with Crippen LogP contribution in [0, 0.1) is 0 Å². The standard InChI is InChI=1S/C12H11ClFN3O3/c1-7(14)20-10-6-9(12(18)19-2)17(16-10)11-8(13)4-3-5-15-11/h3-7H,1-2H3. The molecule has 8 heteroatoms. The highest BCUT2D eigenvalue weighted by atomic mass is 35.5. The van der Waals surface area contributed by atoms with Crippen LogP contribution in [-0.4, -0.2) is 34.2 Å². The molecule has 2 aromatic heterocycles. The number of alkyl halides is 1. The molecular formula is C12H11ClFN3O3. The zero-order valence-corrected chi connectivity index (χ0v) is 11.5. The molecular weight excluding hydrogens is 289 g/mol. The van der Waals surface area contributed by atoms with E-state index in [9.17, 15) is 9.18 Å². The Kier molecular flexibility index (Phi) is 4.19. The van der Waals surface area contributed by atoms with Crippen LogP contribution in [-0.2, 0) is 4.74 Å². The number of rotatable bonds is 4. The van der Waals surface area contributed by atoms with E-state index < -0.39 is 12.3 Å². The Morgan fingerprint density at radius 2 is 2.30 bits per heavy atom. The predicted octanol–water partition coefficient (Wildman–Crippen LogP) is 2.40. The van der Waals surface area contributed by atoms with E-state index in [4.69, 9.17) is 16.3 Å². The van der Waals surface area contributed by atoms with Gasteiger partial charge < -0.3 is 9.47 Å². The molecule has 0 fully saturated rings. The van der Waals surface area contributed by atoms with Gasteiger partial charge in [0, 0.05) is 19.2 Å². The monoisotopic (exact) mass is 299 g/mol. The Hall–Kier alpha value is -2.15. The highest BCUT2D eigenvalue weighted by molar-refractivity contribution is 6.32. The lowest BCUT2D eigenvalue weighted by Gasteiger charge is -2.06. The fourth-order valence-corrected chi connectivity index (χ4v) is 1.73. The highest BCUT2D eigenvalue weighted by Crippen LogP contribution is 2.22. The van der Waals surface area contributed by atoms with Crippen molar-refractivity contribution in [2.45, 2.75) is 13.3 Å². The molecule has 106 valence electrons. The number of ether oxygens (including phenoxy) is 2. The molecule has 0 N–H and O–H groups in total. The summed E-state index contributed by atoms with van der Waals surface area (Å²) < 4.78 is 23.5. The van der Waals surface area contributed by atoms with Gasteiger partial charge >= 0.3 is 5.97 Å². The van der Waals surface area contributed by atoms with Crippen LogP contribution in [0.1, 0.15) is 17.4 Å². The first-order valence-electron chi connectivity index (χ1n) is 5.63. The van der Waals surface area contributed by atoms with Crippen LogP contribution in [0.3, 0.4) is 0 Å². The van der Waals surface area contributed by atoms with Gasteiger partial charge in [0.25, 0.3) is 0 Å². The van der Waals surface area contributed by atoms with E-state index in [1.165, 1.54) is 26.3 Å². The maximum Gasteiger partial charge on any atom is 0.357 e. The number of halogens is 2. The summed E-state index contributed by atoms with van der Waals surface area (Å²) in [4.78, 5) is 15.7. The number of carbonyl (C=O) groups is 1.